The quantitative estimate of drug-likeness (QED) is 0.645. The summed E-state index contributed by atoms with van der Waals surface area (Å²) in [6, 6.07) is 0.536. The average Bonchev–Trinajstić information content (AvgIpc) is 1.85. The Morgan fingerprint density at radius 1 is 1.55 bits per heavy atom. The summed E-state index contributed by atoms with van der Waals surface area (Å²) in [4.78, 5) is 4.91. The van der Waals surface area contributed by atoms with E-state index >= 15 is 0 Å². The van der Waals surface area contributed by atoms with Crippen LogP contribution < -0.4 is 5.48 Å². The number of hydrogen-bond donors (Lipinski definition) is 1. The molecule has 1 heterocycles. The van der Waals surface area contributed by atoms with Gasteiger partial charge in [-0.1, -0.05) is 13.8 Å². The van der Waals surface area contributed by atoms with Crippen molar-refractivity contribution in [2.75, 3.05) is 18.6 Å². The molecule has 1 unspecified atom stereocenters. The molecule has 1 saturated heterocycles. The fraction of sp³-hybridized carbons (Fsp3) is 1.00. The van der Waals surface area contributed by atoms with Crippen LogP contribution in [-0.2, 0) is 4.84 Å². The summed E-state index contributed by atoms with van der Waals surface area (Å²) in [6.45, 7) is 4.62. The van der Waals surface area contributed by atoms with E-state index in [0.717, 1.165) is 0 Å². The van der Waals surface area contributed by atoms with Crippen LogP contribution in [-0.4, -0.2) is 24.7 Å². The molecule has 0 spiro atoms. The molecule has 0 aromatic heterocycles. The molecule has 0 saturated carbocycles. The summed E-state index contributed by atoms with van der Waals surface area (Å²) in [5.41, 5.74) is 3.49. The van der Waals surface area contributed by atoms with Crippen LogP contribution in [0.1, 0.15) is 20.3 Å². The van der Waals surface area contributed by atoms with Crippen molar-refractivity contribution in [2.45, 2.75) is 26.3 Å². The second-order valence-electron chi connectivity index (χ2n) is 3.90. The molecule has 11 heavy (non-hydrogen) atoms. The predicted molar refractivity (Wildman–Crippen MR) is 49.7 cm³/mol. The van der Waals surface area contributed by atoms with Crippen molar-refractivity contribution >= 4 is 11.8 Å². The third-order valence-electron chi connectivity index (χ3n) is 1.90. The second-order valence-corrected chi connectivity index (χ2v) is 4.93. The number of rotatable bonds is 2. The van der Waals surface area contributed by atoms with Gasteiger partial charge in [-0.25, -0.2) is 0 Å². The van der Waals surface area contributed by atoms with E-state index in [1.54, 1.807) is 7.11 Å². The Morgan fingerprint density at radius 3 is 2.82 bits per heavy atom. The maximum atomic E-state index is 4.91. The molecular formula is C8H17NOS. The first kappa shape index (κ1) is 9.36. The van der Waals surface area contributed by atoms with Gasteiger partial charge in [0.25, 0.3) is 0 Å². The summed E-state index contributed by atoms with van der Waals surface area (Å²) in [6.07, 6.45) is 1.22. The first-order valence-electron chi connectivity index (χ1n) is 4.00. The second kappa shape index (κ2) is 3.78. The van der Waals surface area contributed by atoms with E-state index in [9.17, 15) is 0 Å². The molecule has 3 heteroatoms. The first-order chi connectivity index (χ1) is 5.14. The number of thioether (sulfide) groups is 1. The van der Waals surface area contributed by atoms with Crippen molar-refractivity contribution in [3.05, 3.63) is 0 Å². The van der Waals surface area contributed by atoms with Gasteiger partial charge in [-0.3, -0.25) is 0 Å². The third kappa shape index (κ3) is 3.01. The molecule has 2 nitrogen and oxygen atoms in total. The minimum atomic E-state index is 0.471. The molecule has 0 aliphatic carbocycles. The van der Waals surface area contributed by atoms with Crippen LogP contribution in [0.4, 0.5) is 0 Å². The Bertz CT molecular complexity index is 125. The van der Waals surface area contributed by atoms with E-state index in [1.807, 2.05) is 11.8 Å². The van der Waals surface area contributed by atoms with E-state index in [4.69, 9.17) is 4.84 Å². The van der Waals surface area contributed by atoms with Gasteiger partial charge in [-0.05, 0) is 17.6 Å². The smallest absolute Gasteiger partial charge is 0.0572 e. The summed E-state index contributed by atoms with van der Waals surface area (Å²) in [7, 11) is 1.69. The Hall–Kier alpha value is 0.270. The van der Waals surface area contributed by atoms with Gasteiger partial charge in [0.15, 0.2) is 0 Å². The average molecular weight is 175 g/mol. The Balaban J connectivity index is 2.34. The molecule has 1 N–H and O–H groups in total. The van der Waals surface area contributed by atoms with E-state index in [0.29, 0.717) is 11.5 Å². The van der Waals surface area contributed by atoms with Gasteiger partial charge in [-0.15, -0.1) is 0 Å². The highest BCUT2D eigenvalue weighted by atomic mass is 32.2. The van der Waals surface area contributed by atoms with Crippen LogP contribution >= 0.6 is 11.8 Å². The van der Waals surface area contributed by atoms with E-state index in [2.05, 4.69) is 19.3 Å². The minimum absolute atomic E-state index is 0.471. The first-order valence-corrected chi connectivity index (χ1v) is 5.16. The number of hydrogen-bond acceptors (Lipinski definition) is 3. The van der Waals surface area contributed by atoms with Gasteiger partial charge in [0.05, 0.1) is 7.11 Å². The largest absolute Gasteiger partial charge is 0.305 e. The summed E-state index contributed by atoms with van der Waals surface area (Å²) in [5.74, 6) is 2.45. The van der Waals surface area contributed by atoms with Crippen molar-refractivity contribution in [3.8, 4) is 0 Å². The van der Waals surface area contributed by atoms with Gasteiger partial charge in [0, 0.05) is 11.8 Å². The summed E-state index contributed by atoms with van der Waals surface area (Å²) >= 11 is 2.01. The molecule has 0 aromatic rings. The number of nitrogens with one attached hydrogen (secondary N) is 1. The molecule has 0 aromatic carbocycles. The van der Waals surface area contributed by atoms with Crippen LogP contribution in [0.25, 0.3) is 0 Å². The lowest BCUT2D eigenvalue weighted by atomic mass is 9.88. The highest BCUT2D eigenvalue weighted by molar-refractivity contribution is 7.99. The van der Waals surface area contributed by atoms with Crippen LogP contribution in [0, 0.1) is 5.41 Å². The van der Waals surface area contributed by atoms with Crippen molar-refractivity contribution in [1.29, 1.82) is 0 Å². The van der Waals surface area contributed by atoms with Gasteiger partial charge < -0.3 is 4.84 Å². The van der Waals surface area contributed by atoms with Crippen molar-refractivity contribution < 1.29 is 4.84 Å². The highest BCUT2D eigenvalue weighted by Crippen LogP contribution is 2.33. The fourth-order valence-corrected chi connectivity index (χ4v) is 2.76. The SMILES string of the molecule is CONC1CSCC(C)(C)C1. The molecular weight excluding hydrogens is 158 g/mol. The van der Waals surface area contributed by atoms with Crippen molar-refractivity contribution in [1.82, 2.24) is 5.48 Å². The van der Waals surface area contributed by atoms with Gasteiger partial charge in [-0.2, -0.15) is 17.2 Å². The molecule has 1 atom stereocenters. The molecule has 0 radical (unpaired) electrons. The zero-order valence-electron chi connectivity index (χ0n) is 7.52. The molecule has 1 fully saturated rings. The molecule has 1 aliphatic rings. The molecule has 1 rings (SSSR count). The minimum Gasteiger partial charge on any atom is -0.305 e. The Morgan fingerprint density at radius 2 is 2.27 bits per heavy atom. The topological polar surface area (TPSA) is 21.3 Å². The van der Waals surface area contributed by atoms with Gasteiger partial charge >= 0.3 is 0 Å². The van der Waals surface area contributed by atoms with Crippen LogP contribution in [0.15, 0.2) is 0 Å². The van der Waals surface area contributed by atoms with Crippen LogP contribution in [0.5, 0.6) is 0 Å². The zero-order valence-corrected chi connectivity index (χ0v) is 8.33. The molecule has 1 aliphatic heterocycles. The normalized spacial score (nSPS) is 30.3. The standard InChI is InChI=1S/C8H17NOS/c1-8(2)4-7(9-10-3)5-11-6-8/h7,9H,4-6H2,1-3H3. The van der Waals surface area contributed by atoms with Gasteiger partial charge in [0.2, 0.25) is 0 Å². The lowest BCUT2D eigenvalue weighted by Gasteiger charge is -2.34. The highest BCUT2D eigenvalue weighted by Gasteiger charge is 2.28. The van der Waals surface area contributed by atoms with Gasteiger partial charge in [0.1, 0.15) is 0 Å². The maximum Gasteiger partial charge on any atom is 0.0572 e. The lowest BCUT2D eigenvalue weighted by molar-refractivity contribution is 0.0534. The predicted octanol–water partition coefficient (Wildman–Crippen LogP) is 1.67. The zero-order chi connectivity index (χ0) is 8.32. The summed E-state index contributed by atoms with van der Waals surface area (Å²) in [5, 5.41) is 0. The van der Waals surface area contributed by atoms with Crippen molar-refractivity contribution in [3.63, 3.8) is 0 Å². The van der Waals surface area contributed by atoms with Crippen molar-refractivity contribution in [2.24, 2.45) is 5.41 Å². The Labute approximate surface area is 73.0 Å². The Kier molecular flexibility index (Phi) is 3.22. The monoisotopic (exact) mass is 175 g/mol. The third-order valence-corrected chi connectivity index (χ3v) is 3.52. The van der Waals surface area contributed by atoms with Crippen LogP contribution in [0.2, 0.25) is 0 Å². The summed E-state index contributed by atoms with van der Waals surface area (Å²) < 4.78 is 0. The van der Waals surface area contributed by atoms with Crippen LogP contribution in [0.3, 0.4) is 0 Å². The molecule has 0 bridgehead atoms. The van der Waals surface area contributed by atoms with E-state index in [1.165, 1.54) is 17.9 Å². The number of hydroxylamine groups is 1. The lowest BCUT2D eigenvalue weighted by Crippen LogP contribution is -2.39. The molecule has 66 valence electrons. The van der Waals surface area contributed by atoms with E-state index in [-0.39, 0.29) is 0 Å². The fourth-order valence-electron chi connectivity index (χ4n) is 1.50. The van der Waals surface area contributed by atoms with E-state index < -0.39 is 0 Å². The molecule has 0 amide bonds. The maximum absolute atomic E-state index is 4.91.